The molecule has 3 rings (SSSR count). The summed E-state index contributed by atoms with van der Waals surface area (Å²) < 4.78 is 5.34. The lowest BCUT2D eigenvalue weighted by Crippen LogP contribution is -2.09. The summed E-state index contributed by atoms with van der Waals surface area (Å²) in [7, 11) is 0. The maximum absolute atomic E-state index is 12.2. The van der Waals surface area contributed by atoms with Gasteiger partial charge in [-0.3, -0.25) is 4.79 Å². The molecule has 0 spiro atoms. The highest BCUT2D eigenvalue weighted by Gasteiger charge is 2.12. The van der Waals surface area contributed by atoms with Gasteiger partial charge in [0.15, 0.2) is 0 Å². The zero-order valence-electron chi connectivity index (χ0n) is 11.4. The topological polar surface area (TPSA) is 59.3 Å². The van der Waals surface area contributed by atoms with Crippen LogP contribution in [0.1, 0.15) is 6.92 Å². The maximum atomic E-state index is 12.2. The highest BCUT2D eigenvalue weighted by molar-refractivity contribution is 5.95. The standard InChI is InChI=1S/C17H13NO3/c1-11(19)18-15-8-4-3-7-13(15)14-10-12-6-2-5-9-16(12)21-17(14)20/h2-10H,1H3,(H,18,19). The summed E-state index contributed by atoms with van der Waals surface area (Å²) in [5.41, 5.74) is 1.78. The van der Waals surface area contributed by atoms with Crippen molar-refractivity contribution in [1.29, 1.82) is 0 Å². The molecular formula is C17H13NO3. The van der Waals surface area contributed by atoms with Gasteiger partial charge in [-0.2, -0.15) is 0 Å². The predicted molar refractivity (Wildman–Crippen MR) is 82.2 cm³/mol. The molecule has 0 radical (unpaired) electrons. The molecule has 0 atom stereocenters. The fourth-order valence-electron chi connectivity index (χ4n) is 2.27. The highest BCUT2D eigenvalue weighted by Crippen LogP contribution is 2.27. The Kier molecular flexibility index (Phi) is 3.28. The number of amides is 1. The summed E-state index contributed by atoms with van der Waals surface area (Å²) in [5, 5.41) is 3.57. The van der Waals surface area contributed by atoms with Crippen LogP contribution in [0.5, 0.6) is 0 Å². The fraction of sp³-hybridized carbons (Fsp3) is 0.0588. The van der Waals surface area contributed by atoms with E-state index in [0.717, 1.165) is 5.39 Å². The number of rotatable bonds is 2. The molecule has 21 heavy (non-hydrogen) atoms. The minimum Gasteiger partial charge on any atom is -0.422 e. The van der Waals surface area contributed by atoms with Gasteiger partial charge in [-0.05, 0) is 18.2 Å². The van der Waals surface area contributed by atoms with Gasteiger partial charge in [0.2, 0.25) is 5.91 Å². The van der Waals surface area contributed by atoms with E-state index < -0.39 is 5.63 Å². The number of para-hydroxylation sites is 2. The molecule has 0 aliphatic rings. The van der Waals surface area contributed by atoms with Crippen LogP contribution in [0.3, 0.4) is 0 Å². The first-order chi connectivity index (χ1) is 10.1. The van der Waals surface area contributed by atoms with E-state index in [1.165, 1.54) is 6.92 Å². The lowest BCUT2D eigenvalue weighted by atomic mass is 10.0. The van der Waals surface area contributed by atoms with E-state index in [9.17, 15) is 9.59 Å². The molecule has 0 saturated carbocycles. The molecule has 0 aliphatic heterocycles. The van der Waals surface area contributed by atoms with Crippen LogP contribution in [0.25, 0.3) is 22.1 Å². The normalized spacial score (nSPS) is 10.5. The van der Waals surface area contributed by atoms with E-state index in [1.54, 1.807) is 30.3 Å². The van der Waals surface area contributed by atoms with Gasteiger partial charge in [-0.25, -0.2) is 4.79 Å². The SMILES string of the molecule is CC(=O)Nc1ccccc1-c1cc2ccccc2oc1=O. The molecule has 1 aromatic heterocycles. The second-order valence-corrected chi connectivity index (χ2v) is 4.71. The second-order valence-electron chi connectivity index (χ2n) is 4.71. The molecule has 0 bridgehead atoms. The van der Waals surface area contributed by atoms with E-state index in [0.29, 0.717) is 22.4 Å². The molecule has 4 heteroatoms. The van der Waals surface area contributed by atoms with Gasteiger partial charge in [-0.1, -0.05) is 36.4 Å². The van der Waals surface area contributed by atoms with Crippen molar-refractivity contribution >= 4 is 22.6 Å². The summed E-state index contributed by atoms with van der Waals surface area (Å²) in [6.45, 7) is 1.43. The number of benzene rings is 2. The van der Waals surface area contributed by atoms with Crippen LogP contribution in [0.4, 0.5) is 5.69 Å². The molecule has 3 aromatic rings. The number of carbonyl (C=O) groups excluding carboxylic acids is 1. The number of nitrogens with one attached hydrogen (secondary N) is 1. The molecule has 0 unspecified atom stereocenters. The van der Waals surface area contributed by atoms with Crippen LogP contribution < -0.4 is 10.9 Å². The number of carbonyl (C=O) groups is 1. The largest absolute Gasteiger partial charge is 0.422 e. The highest BCUT2D eigenvalue weighted by atomic mass is 16.4. The van der Waals surface area contributed by atoms with Crippen molar-refractivity contribution in [2.75, 3.05) is 5.32 Å². The summed E-state index contributed by atoms with van der Waals surface area (Å²) in [6, 6.07) is 16.3. The van der Waals surface area contributed by atoms with Gasteiger partial charge in [0.1, 0.15) is 5.58 Å². The van der Waals surface area contributed by atoms with Crippen LogP contribution in [0.2, 0.25) is 0 Å². The third-order valence-electron chi connectivity index (χ3n) is 3.17. The average Bonchev–Trinajstić information content (AvgIpc) is 2.47. The number of fused-ring (bicyclic) bond motifs is 1. The monoisotopic (exact) mass is 279 g/mol. The predicted octanol–water partition coefficient (Wildman–Crippen LogP) is 3.42. The number of hydrogen-bond donors (Lipinski definition) is 1. The van der Waals surface area contributed by atoms with Crippen molar-refractivity contribution in [2.45, 2.75) is 6.92 Å². The zero-order chi connectivity index (χ0) is 14.8. The third-order valence-corrected chi connectivity index (χ3v) is 3.17. The summed E-state index contributed by atoms with van der Waals surface area (Å²) in [5.74, 6) is -0.187. The summed E-state index contributed by atoms with van der Waals surface area (Å²) in [4.78, 5) is 23.5. The minimum atomic E-state index is -0.425. The van der Waals surface area contributed by atoms with Gasteiger partial charge in [0.05, 0.1) is 5.56 Å². The molecule has 4 nitrogen and oxygen atoms in total. The fourth-order valence-corrected chi connectivity index (χ4v) is 2.27. The second kappa shape index (κ2) is 5.25. The molecule has 104 valence electrons. The van der Waals surface area contributed by atoms with E-state index >= 15 is 0 Å². The number of hydrogen-bond acceptors (Lipinski definition) is 3. The Bertz CT molecular complexity index is 880. The quantitative estimate of drug-likeness (QED) is 0.731. The maximum Gasteiger partial charge on any atom is 0.344 e. The van der Waals surface area contributed by atoms with Crippen molar-refractivity contribution in [3.8, 4) is 11.1 Å². The van der Waals surface area contributed by atoms with Crippen molar-refractivity contribution in [2.24, 2.45) is 0 Å². The Balaban J connectivity index is 2.23. The Labute approximate surface area is 121 Å². The first-order valence-electron chi connectivity index (χ1n) is 6.55. The van der Waals surface area contributed by atoms with Crippen LogP contribution in [-0.4, -0.2) is 5.91 Å². The van der Waals surface area contributed by atoms with Crippen molar-refractivity contribution in [3.63, 3.8) is 0 Å². The Hall–Kier alpha value is -2.88. The average molecular weight is 279 g/mol. The van der Waals surface area contributed by atoms with E-state index in [4.69, 9.17) is 4.42 Å². The molecule has 0 saturated heterocycles. The Morgan fingerprint density at radius 3 is 2.52 bits per heavy atom. The Morgan fingerprint density at radius 1 is 1.00 bits per heavy atom. The number of anilines is 1. The van der Waals surface area contributed by atoms with E-state index in [1.807, 2.05) is 24.3 Å². The van der Waals surface area contributed by atoms with Crippen LogP contribution in [-0.2, 0) is 4.79 Å². The molecule has 0 aliphatic carbocycles. The minimum absolute atomic E-state index is 0.187. The van der Waals surface area contributed by atoms with Gasteiger partial charge in [0.25, 0.3) is 0 Å². The van der Waals surface area contributed by atoms with Crippen molar-refractivity contribution in [3.05, 3.63) is 65.0 Å². The van der Waals surface area contributed by atoms with Gasteiger partial charge < -0.3 is 9.73 Å². The van der Waals surface area contributed by atoms with Crippen molar-refractivity contribution in [1.82, 2.24) is 0 Å². The van der Waals surface area contributed by atoms with E-state index in [2.05, 4.69) is 5.32 Å². The Morgan fingerprint density at radius 2 is 1.71 bits per heavy atom. The lowest BCUT2D eigenvalue weighted by molar-refractivity contribution is -0.114. The van der Waals surface area contributed by atoms with Gasteiger partial charge >= 0.3 is 5.63 Å². The van der Waals surface area contributed by atoms with Crippen LogP contribution in [0.15, 0.2) is 63.8 Å². The first kappa shape index (κ1) is 13.1. The smallest absolute Gasteiger partial charge is 0.344 e. The molecule has 1 N–H and O–H groups in total. The molecule has 1 amide bonds. The molecule has 2 aromatic carbocycles. The van der Waals surface area contributed by atoms with Gasteiger partial charge in [-0.15, -0.1) is 0 Å². The zero-order valence-corrected chi connectivity index (χ0v) is 11.4. The summed E-state index contributed by atoms with van der Waals surface area (Å²) >= 11 is 0. The first-order valence-corrected chi connectivity index (χ1v) is 6.55. The molecule has 0 fully saturated rings. The van der Waals surface area contributed by atoms with Crippen LogP contribution in [0, 0.1) is 0 Å². The van der Waals surface area contributed by atoms with Gasteiger partial charge in [0, 0.05) is 23.6 Å². The van der Waals surface area contributed by atoms with Crippen molar-refractivity contribution < 1.29 is 9.21 Å². The van der Waals surface area contributed by atoms with Crippen LogP contribution >= 0.6 is 0 Å². The summed E-state index contributed by atoms with van der Waals surface area (Å²) in [6.07, 6.45) is 0. The third kappa shape index (κ3) is 2.56. The molecular weight excluding hydrogens is 266 g/mol. The van der Waals surface area contributed by atoms with E-state index in [-0.39, 0.29) is 5.91 Å². The molecule has 1 heterocycles. The lowest BCUT2D eigenvalue weighted by Gasteiger charge is -2.09.